The van der Waals surface area contributed by atoms with E-state index in [4.69, 9.17) is 9.94 Å². The standard InChI is InChI=1S/C11H20N2O4/c1-3-5-8-17-13-7-6-9(10(14)15)12(4-2)11(13)16/h9H,3-8H2,1-2H3,(H,14,15)/t9-/m0/s1. The van der Waals surface area contributed by atoms with Gasteiger partial charge in [0.2, 0.25) is 0 Å². The molecule has 0 aromatic rings. The number of likely N-dealkylation sites (N-methyl/N-ethyl adjacent to an activating group) is 1. The molecule has 1 atom stereocenters. The third-order valence-corrected chi connectivity index (χ3v) is 2.81. The maximum atomic E-state index is 11.9. The number of unbranched alkanes of at least 4 members (excludes halogenated alkanes) is 1. The number of carboxylic acid groups (broad SMARTS) is 1. The Morgan fingerprint density at radius 2 is 2.24 bits per heavy atom. The maximum absolute atomic E-state index is 11.9. The van der Waals surface area contributed by atoms with Crippen LogP contribution in [-0.2, 0) is 9.63 Å². The number of carbonyl (C=O) groups excluding carboxylic acids is 1. The zero-order valence-electron chi connectivity index (χ0n) is 10.4. The average Bonchev–Trinajstić information content (AvgIpc) is 2.30. The SMILES string of the molecule is CCCCON1CC[C@@H](C(=O)O)N(CC)C1=O. The summed E-state index contributed by atoms with van der Waals surface area (Å²) in [7, 11) is 0. The minimum absolute atomic E-state index is 0.343. The molecular formula is C11H20N2O4. The zero-order valence-corrected chi connectivity index (χ0v) is 10.4. The van der Waals surface area contributed by atoms with Crippen LogP contribution in [-0.4, -0.2) is 52.8 Å². The number of rotatable bonds is 6. The van der Waals surface area contributed by atoms with Gasteiger partial charge in [-0.15, -0.1) is 0 Å². The van der Waals surface area contributed by atoms with Gasteiger partial charge in [0.05, 0.1) is 13.2 Å². The third-order valence-electron chi connectivity index (χ3n) is 2.81. The molecule has 6 nitrogen and oxygen atoms in total. The molecule has 0 saturated carbocycles. The Balaban J connectivity index is 2.57. The Hall–Kier alpha value is -1.30. The van der Waals surface area contributed by atoms with Crippen molar-refractivity contribution in [2.75, 3.05) is 19.7 Å². The van der Waals surface area contributed by atoms with Crippen molar-refractivity contribution < 1.29 is 19.5 Å². The molecule has 0 aromatic heterocycles. The van der Waals surface area contributed by atoms with Gasteiger partial charge in [0.1, 0.15) is 6.04 Å². The predicted molar refractivity (Wildman–Crippen MR) is 61.4 cm³/mol. The lowest BCUT2D eigenvalue weighted by atomic mass is 10.1. The van der Waals surface area contributed by atoms with Gasteiger partial charge in [0.25, 0.3) is 0 Å². The van der Waals surface area contributed by atoms with Crippen LogP contribution >= 0.6 is 0 Å². The van der Waals surface area contributed by atoms with Gasteiger partial charge in [0.15, 0.2) is 0 Å². The highest BCUT2D eigenvalue weighted by Gasteiger charge is 2.36. The summed E-state index contributed by atoms with van der Waals surface area (Å²) in [6.45, 7) is 5.03. The monoisotopic (exact) mass is 244 g/mol. The first-order valence-electron chi connectivity index (χ1n) is 6.05. The molecule has 0 unspecified atom stereocenters. The van der Waals surface area contributed by atoms with Crippen molar-refractivity contribution in [1.29, 1.82) is 0 Å². The van der Waals surface area contributed by atoms with Crippen molar-refractivity contribution in [2.24, 2.45) is 0 Å². The molecule has 98 valence electrons. The number of carboxylic acids is 1. The second-order valence-electron chi connectivity index (χ2n) is 4.00. The van der Waals surface area contributed by atoms with Crippen LogP contribution in [0, 0.1) is 0 Å². The number of nitrogens with zero attached hydrogens (tertiary/aromatic N) is 2. The van der Waals surface area contributed by atoms with Crippen LogP contribution in [0.2, 0.25) is 0 Å². The van der Waals surface area contributed by atoms with E-state index in [0.29, 0.717) is 26.1 Å². The minimum atomic E-state index is -0.951. The van der Waals surface area contributed by atoms with Crippen molar-refractivity contribution in [1.82, 2.24) is 9.96 Å². The Morgan fingerprint density at radius 1 is 1.53 bits per heavy atom. The molecule has 1 aliphatic rings. The summed E-state index contributed by atoms with van der Waals surface area (Å²) in [4.78, 5) is 29.6. The van der Waals surface area contributed by atoms with Gasteiger partial charge in [0, 0.05) is 6.54 Å². The van der Waals surface area contributed by atoms with Crippen molar-refractivity contribution in [3.63, 3.8) is 0 Å². The van der Waals surface area contributed by atoms with Gasteiger partial charge in [-0.1, -0.05) is 13.3 Å². The maximum Gasteiger partial charge on any atom is 0.344 e. The van der Waals surface area contributed by atoms with E-state index < -0.39 is 12.0 Å². The number of aliphatic carboxylic acids is 1. The van der Waals surface area contributed by atoms with E-state index in [1.807, 2.05) is 6.92 Å². The lowest BCUT2D eigenvalue weighted by molar-refractivity contribution is -0.159. The van der Waals surface area contributed by atoms with Crippen LogP contribution in [0.5, 0.6) is 0 Å². The number of amides is 2. The molecule has 0 aromatic carbocycles. The number of hydrogen-bond acceptors (Lipinski definition) is 3. The quantitative estimate of drug-likeness (QED) is 0.715. The van der Waals surface area contributed by atoms with Gasteiger partial charge in [-0.2, -0.15) is 0 Å². The fraction of sp³-hybridized carbons (Fsp3) is 0.818. The van der Waals surface area contributed by atoms with Gasteiger partial charge in [-0.3, -0.25) is 4.84 Å². The lowest BCUT2D eigenvalue weighted by Crippen LogP contribution is -2.56. The summed E-state index contributed by atoms with van der Waals surface area (Å²) < 4.78 is 0. The van der Waals surface area contributed by atoms with E-state index in [-0.39, 0.29) is 6.03 Å². The smallest absolute Gasteiger partial charge is 0.344 e. The minimum Gasteiger partial charge on any atom is -0.480 e. The number of hydroxylamine groups is 2. The normalized spacial score (nSPS) is 20.8. The fourth-order valence-corrected chi connectivity index (χ4v) is 1.82. The fourth-order valence-electron chi connectivity index (χ4n) is 1.82. The van der Waals surface area contributed by atoms with Gasteiger partial charge in [-0.05, 0) is 19.8 Å². The van der Waals surface area contributed by atoms with Crippen LogP contribution in [0.3, 0.4) is 0 Å². The average molecular weight is 244 g/mol. The molecule has 1 rings (SSSR count). The van der Waals surface area contributed by atoms with E-state index in [9.17, 15) is 9.59 Å². The first kappa shape index (κ1) is 13.8. The second-order valence-corrected chi connectivity index (χ2v) is 4.00. The van der Waals surface area contributed by atoms with Crippen LogP contribution in [0.25, 0.3) is 0 Å². The molecule has 6 heteroatoms. The molecule has 0 spiro atoms. The van der Waals surface area contributed by atoms with Gasteiger partial charge in [-0.25, -0.2) is 14.7 Å². The predicted octanol–water partition coefficient (Wildman–Crippen LogP) is 1.32. The molecule has 0 radical (unpaired) electrons. The summed E-state index contributed by atoms with van der Waals surface area (Å²) in [5.41, 5.74) is 0. The summed E-state index contributed by atoms with van der Waals surface area (Å²) >= 11 is 0. The van der Waals surface area contributed by atoms with E-state index in [2.05, 4.69) is 0 Å². The van der Waals surface area contributed by atoms with E-state index in [0.717, 1.165) is 12.8 Å². The molecule has 1 heterocycles. The van der Waals surface area contributed by atoms with E-state index in [1.165, 1.54) is 9.96 Å². The first-order valence-corrected chi connectivity index (χ1v) is 6.05. The Kier molecular flexibility index (Phi) is 5.21. The topological polar surface area (TPSA) is 70.1 Å². The summed E-state index contributed by atoms with van der Waals surface area (Å²) in [6, 6.07) is -1.07. The van der Waals surface area contributed by atoms with Gasteiger partial charge >= 0.3 is 12.0 Å². The number of hydrogen-bond donors (Lipinski definition) is 1. The van der Waals surface area contributed by atoms with Crippen molar-refractivity contribution in [2.45, 2.75) is 39.2 Å². The summed E-state index contributed by atoms with van der Waals surface area (Å²) in [6.07, 6.45) is 2.29. The van der Waals surface area contributed by atoms with Crippen molar-refractivity contribution in [3.05, 3.63) is 0 Å². The molecule has 0 bridgehead atoms. The zero-order chi connectivity index (χ0) is 12.8. The highest BCUT2D eigenvalue weighted by molar-refractivity contribution is 5.83. The van der Waals surface area contributed by atoms with Crippen LogP contribution in [0.4, 0.5) is 4.79 Å². The van der Waals surface area contributed by atoms with Gasteiger partial charge < -0.3 is 10.0 Å². The molecule has 0 aliphatic carbocycles. The molecule has 1 saturated heterocycles. The van der Waals surface area contributed by atoms with Crippen molar-refractivity contribution >= 4 is 12.0 Å². The highest BCUT2D eigenvalue weighted by atomic mass is 16.7. The van der Waals surface area contributed by atoms with Crippen LogP contribution < -0.4 is 0 Å². The molecule has 2 amide bonds. The number of urea groups is 1. The molecule has 17 heavy (non-hydrogen) atoms. The van der Waals surface area contributed by atoms with Crippen LogP contribution in [0.15, 0.2) is 0 Å². The number of carbonyl (C=O) groups is 2. The lowest BCUT2D eigenvalue weighted by Gasteiger charge is -2.38. The highest BCUT2D eigenvalue weighted by Crippen LogP contribution is 2.16. The molecular weight excluding hydrogens is 224 g/mol. The Morgan fingerprint density at radius 3 is 2.76 bits per heavy atom. The van der Waals surface area contributed by atoms with E-state index in [1.54, 1.807) is 6.92 Å². The largest absolute Gasteiger partial charge is 0.480 e. The molecule has 1 N–H and O–H groups in total. The summed E-state index contributed by atoms with van der Waals surface area (Å²) in [5, 5.41) is 10.3. The van der Waals surface area contributed by atoms with Crippen molar-refractivity contribution in [3.8, 4) is 0 Å². The first-order chi connectivity index (χ1) is 8.11. The van der Waals surface area contributed by atoms with Crippen LogP contribution in [0.1, 0.15) is 33.1 Å². The van der Waals surface area contributed by atoms with E-state index >= 15 is 0 Å². The molecule has 1 fully saturated rings. The third kappa shape index (κ3) is 3.33. The second kappa shape index (κ2) is 6.44. The Labute approximate surface area is 101 Å². The summed E-state index contributed by atoms with van der Waals surface area (Å²) in [5.74, 6) is -0.951. The molecule has 1 aliphatic heterocycles. The Bertz CT molecular complexity index is 283.